The van der Waals surface area contributed by atoms with Crippen molar-refractivity contribution in [2.75, 3.05) is 0 Å². The summed E-state index contributed by atoms with van der Waals surface area (Å²) in [4.78, 5) is 14.5. The van der Waals surface area contributed by atoms with Crippen molar-refractivity contribution in [1.82, 2.24) is 24.5 Å². The van der Waals surface area contributed by atoms with Gasteiger partial charge in [-0.3, -0.25) is 0 Å². The highest BCUT2D eigenvalue weighted by Gasteiger charge is 2.17. The van der Waals surface area contributed by atoms with E-state index < -0.39 is 4.92 Å². The number of benzene rings is 1. The minimum absolute atomic E-state index is 0.0273. The van der Waals surface area contributed by atoms with E-state index in [1.807, 2.05) is 31.2 Å². The summed E-state index contributed by atoms with van der Waals surface area (Å²) in [5.41, 5.74) is 1.86. The van der Waals surface area contributed by atoms with Crippen LogP contribution in [0.2, 0.25) is 0 Å². The van der Waals surface area contributed by atoms with Crippen molar-refractivity contribution in [2.45, 2.75) is 33.5 Å². The zero-order valence-electron chi connectivity index (χ0n) is 14.0. The van der Waals surface area contributed by atoms with Gasteiger partial charge in [0.25, 0.3) is 0 Å². The second-order valence-electron chi connectivity index (χ2n) is 5.65. The highest BCUT2D eigenvalue weighted by atomic mass is 16.6. The number of nitrogens with zero attached hydrogens (tertiary/aromatic N) is 6. The van der Waals surface area contributed by atoms with Gasteiger partial charge in [-0.05, 0) is 24.0 Å². The number of nitro groups is 1. The van der Waals surface area contributed by atoms with E-state index >= 15 is 0 Å². The zero-order chi connectivity index (χ0) is 17.8. The van der Waals surface area contributed by atoms with E-state index in [-0.39, 0.29) is 5.82 Å². The lowest BCUT2D eigenvalue weighted by atomic mass is 10.2. The molecular weight excluding hydrogens is 324 g/mol. The molecule has 1 aromatic carbocycles. The number of ether oxygens (including phenoxy) is 1. The van der Waals surface area contributed by atoms with Crippen molar-refractivity contribution in [3.05, 3.63) is 63.9 Å². The van der Waals surface area contributed by atoms with E-state index in [9.17, 15) is 10.1 Å². The fourth-order valence-electron chi connectivity index (χ4n) is 2.39. The Kier molecular flexibility index (Phi) is 4.73. The molecule has 2 heterocycles. The highest BCUT2D eigenvalue weighted by Crippen LogP contribution is 2.14. The summed E-state index contributed by atoms with van der Waals surface area (Å²) in [6.45, 7) is 4.91. The van der Waals surface area contributed by atoms with Crippen LogP contribution in [-0.2, 0) is 19.7 Å². The van der Waals surface area contributed by atoms with E-state index in [0.29, 0.717) is 31.2 Å². The monoisotopic (exact) mass is 342 g/mol. The molecule has 9 heteroatoms. The molecule has 25 heavy (non-hydrogen) atoms. The van der Waals surface area contributed by atoms with Crippen LogP contribution < -0.4 is 4.74 Å². The number of imidazole rings is 1. The molecule has 0 aliphatic rings. The Labute approximate surface area is 144 Å². The molecule has 0 saturated heterocycles. The summed E-state index contributed by atoms with van der Waals surface area (Å²) in [6.07, 6.45) is 3.03. The van der Waals surface area contributed by atoms with Crippen LogP contribution in [0, 0.1) is 24.0 Å². The summed E-state index contributed by atoms with van der Waals surface area (Å²) < 4.78 is 8.84. The van der Waals surface area contributed by atoms with Crippen LogP contribution in [0.3, 0.4) is 0 Å². The average Bonchev–Trinajstić information content (AvgIpc) is 3.19. The molecule has 0 aliphatic carbocycles. The molecule has 0 spiro atoms. The largest absolute Gasteiger partial charge is 0.487 e. The van der Waals surface area contributed by atoms with Gasteiger partial charge >= 0.3 is 5.82 Å². The molecule has 0 aliphatic heterocycles. The van der Waals surface area contributed by atoms with Crippen molar-refractivity contribution in [3.8, 4) is 5.75 Å². The van der Waals surface area contributed by atoms with E-state index in [4.69, 9.17) is 4.74 Å². The van der Waals surface area contributed by atoms with E-state index in [0.717, 1.165) is 5.75 Å². The maximum atomic E-state index is 11.0. The standard InChI is InChI=1S/C16H18N6O3/c1-12-3-5-15(6-4-12)25-11-14-10-20(19-18-14)7-8-21-13(2)17-9-16(21)22(23)24/h3-6,9-10H,7-8,11H2,1-2H3. The van der Waals surface area contributed by atoms with Crippen LogP contribution in [0.25, 0.3) is 0 Å². The number of aryl methyl sites for hydroxylation is 3. The molecule has 0 radical (unpaired) electrons. The molecule has 130 valence electrons. The van der Waals surface area contributed by atoms with Crippen LogP contribution in [0.5, 0.6) is 5.75 Å². The second-order valence-corrected chi connectivity index (χ2v) is 5.65. The lowest BCUT2D eigenvalue weighted by Gasteiger charge is -2.04. The first-order chi connectivity index (χ1) is 12.0. The van der Waals surface area contributed by atoms with Gasteiger partial charge in [-0.1, -0.05) is 22.9 Å². The third-order valence-electron chi connectivity index (χ3n) is 3.77. The van der Waals surface area contributed by atoms with Crippen molar-refractivity contribution >= 4 is 5.82 Å². The Morgan fingerprint density at radius 1 is 1.20 bits per heavy atom. The number of hydrogen-bond donors (Lipinski definition) is 0. The smallest absolute Gasteiger partial charge is 0.342 e. The lowest BCUT2D eigenvalue weighted by Crippen LogP contribution is -2.11. The summed E-state index contributed by atoms with van der Waals surface area (Å²) in [5, 5.41) is 19.1. The van der Waals surface area contributed by atoms with Crippen molar-refractivity contribution < 1.29 is 9.66 Å². The third kappa shape index (κ3) is 4.00. The Bertz CT molecular complexity index is 868. The van der Waals surface area contributed by atoms with Crippen LogP contribution in [0.1, 0.15) is 17.1 Å². The minimum Gasteiger partial charge on any atom is -0.487 e. The maximum Gasteiger partial charge on any atom is 0.342 e. The molecule has 0 unspecified atom stereocenters. The number of rotatable bonds is 7. The molecule has 3 rings (SSSR count). The molecule has 0 saturated carbocycles. The van der Waals surface area contributed by atoms with Gasteiger partial charge in [0.2, 0.25) is 0 Å². The van der Waals surface area contributed by atoms with Gasteiger partial charge < -0.3 is 14.9 Å². The maximum absolute atomic E-state index is 11.0. The van der Waals surface area contributed by atoms with Crippen LogP contribution in [-0.4, -0.2) is 29.5 Å². The molecule has 3 aromatic rings. The molecule has 0 bridgehead atoms. The van der Waals surface area contributed by atoms with E-state index in [1.54, 1.807) is 22.4 Å². The summed E-state index contributed by atoms with van der Waals surface area (Å²) in [6, 6.07) is 7.76. The van der Waals surface area contributed by atoms with Gasteiger partial charge in [-0.15, -0.1) is 5.10 Å². The van der Waals surface area contributed by atoms with Crippen LogP contribution in [0.4, 0.5) is 5.82 Å². The fourth-order valence-corrected chi connectivity index (χ4v) is 2.39. The Hall–Kier alpha value is -3.23. The predicted octanol–water partition coefficient (Wildman–Crippen LogP) is 2.28. The van der Waals surface area contributed by atoms with Gasteiger partial charge in [0, 0.05) is 6.92 Å². The van der Waals surface area contributed by atoms with Crippen LogP contribution in [0.15, 0.2) is 36.7 Å². The van der Waals surface area contributed by atoms with E-state index in [1.165, 1.54) is 11.8 Å². The highest BCUT2D eigenvalue weighted by molar-refractivity contribution is 5.26. The SMILES string of the molecule is Cc1ccc(OCc2cn(CCn3c([N+](=O)[O-])cnc3C)nn2)cc1. The summed E-state index contributed by atoms with van der Waals surface area (Å²) >= 11 is 0. The van der Waals surface area contributed by atoms with Crippen LogP contribution >= 0.6 is 0 Å². The second kappa shape index (κ2) is 7.12. The molecule has 0 atom stereocenters. The number of aromatic nitrogens is 5. The van der Waals surface area contributed by atoms with Gasteiger partial charge in [0.1, 0.15) is 30.8 Å². The van der Waals surface area contributed by atoms with Gasteiger partial charge in [0.05, 0.1) is 12.7 Å². The molecule has 0 fully saturated rings. The first kappa shape index (κ1) is 16.6. The van der Waals surface area contributed by atoms with Crippen molar-refractivity contribution in [2.24, 2.45) is 0 Å². The first-order valence-corrected chi connectivity index (χ1v) is 7.78. The topological polar surface area (TPSA) is 101 Å². The average molecular weight is 342 g/mol. The molecule has 0 amide bonds. The quantitative estimate of drug-likeness (QED) is 0.482. The summed E-state index contributed by atoms with van der Waals surface area (Å²) in [7, 11) is 0. The Morgan fingerprint density at radius 2 is 1.96 bits per heavy atom. The number of hydrogen-bond acceptors (Lipinski definition) is 6. The van der Waals surface area contributed by atoms with Crippen molar-refractivity contribution in [1.29, 1.82) is 0 Å². The van der Waals surface area contributed by atoms with Gasteiger partial charge in [-0.2, -0.15) is 0 Å². The molecule has 2 aromatic heterocycles. The summed E-state index contributed by atoms with van der Waals surface area (Å²) in [5.74, 6) is 1.33. The fraction of sp³-hybridized carbons (Fsp3) is 0.312. The van der Waals surface area contributed by atoms with Crippen molar-refractivity contribution in [3.63, 3.8) is 0 Å². The third-order valence-corrected chi connectivity index (χ3v) is 3.77. The molecule has 0 N–H and O–H groups in total. The molecule has 9 nitrogen and oxygen atoms in total. The zero-order valence-corrected chi connectivity index (χ0v) is 14.0. The van der Waals surface area contributed by atoms with Gasteiger partial charge in [-0.25, -0.2) is 14.2 Å². The molecular formula is C16H18N6O3. The van der Waals surface area contributed by atoms with E-state index in [2.05, 4.69) is 15.3 Å². The first-order valence-electron chi connectivity index (χ1n) is 7.78. The minimum atomic E-state index is -0.442. The lowest BCUT2D eigenvalue weighted by molar-refractivity contribution is -0.392. The Morgan fingerprint density at radius 3 is 2.68 bits per heavy atom. The Balaban J connectivity index is 1.58. The van der Waals surface area contributed by atoms with Gasteiger partial charge in [0.15, 0.2) is 5.82 Å². The predicted molar refractivity (Wildman–Crippen MR) is 89.2 cm³/mol. The normalized spacial score (nSPS) is 10.8.